The first-order valence-electron chi connectivity index (χ1n) is 3.05. The molecule has 3 rings (SSSR count). The molecule has 0 aliphatic heterocycles. The number of nitrogens with one attached hydrogen (secondary N) is 2. The van der Waals surface area contributed by atoms with E-state index in [4.69, 9.17) is 17.3 Å². The molecule has 0 saturated heterocycles. The van der Waals surface area contributed by atoms with Gasteiger partial charge in [-0.1, -0.05) is 11.6 Å². The fourth-order valence-electron chi connectivity index (χ4n) is 1.05. The Labute approximate surface area is 67.1 Å². The van der Waals surface area contributed by atoms with Gasteiger partial charge < -0.3 is 4.98 Å². The van der Waals surface area contributed by atoms with E-state index in [1.165, 1.54) is 0 Å². The smallest absolute Gasteiger partial charge is 0.257 e. The quantitative estimate of drug-likeness (QED) is 0.636. The fraction of sp³-hybridized carbons (Fsp3) is 0. The van der Waals surface area contributed by atoms with Gasteiger partial charge >= 0.3 is 0 Å². The molecule has 0 spiro atoms. The zero-order valence-electron chi connectivity index (χ0n) is 5.44. The van der Waals surface area contributed by atoms with Crippen molar-refractivity contribution < 1.29 is 0 Å². The molecule has 0 aliphatic carbocycles. The van der Waals surface area contributed by atoms with Gasteiger partial charge in [0, 0.05) is 0 Å². The van der Waals surface area contributed by atoms with E-state index in [2.05, 4.69) is 4.98 Å². The zero-order valence-corrected chi connectivity index (χ0v) is 6.20. The van der Waals surface area contributed by atoms with E-state index >= 15 is 0 Å². The number of pyridine rings is 2. The van der Waals surface area contributed by atoms with Crippen molar-refractivity contribution in [1.82, 2.24) is 10.7 Å². The second kappa shape index (κ2) is 1.89. The number of benzene rings is 1. The summed E-state index contributed by atoms with van der Waals surface area (Å²) >= 11 is 5.68. The lowest BCUT2D eigenvalue weighted by atomic mass is 10.2. The van der Waals surface area contributed by atoms with Crippen molar-refractivity contribution in [2.75, 3.05) is 0 Å². The van der Waals surface area contributed by atoms with Crippen molar-refractivity contribution in [1.29, 1.82) is 0 Å². The van der Waals surface area contributed by atoms with Crippen LogP contribution in [-0.2, 0) is 0 Å². The highest BCUT2D eigenvalue weighted by atomic mass is 35.5. The molecule has 2 N–H and O–H groups in total. The van der Waals surface area contributed by atoms with Crippen LogP contribution in [0.25, 0.3) is 10.9 Å². The van der Waals surface area contributed by atoms with Gasteiger partial charge in [0.15, 0.2) is 0 Å². The van der Waals surface area contributed by atoms with E-state index in [9.17, 15) is 4.79 Å². The first-order chi connectivity index (χ1) is 5.20. The zero-order chi connectivity index (χ0) is 8.01. The van der Waals surface area contributed by atoms with Crippen LogP contribution in [0.3, 0.4) is 0 Å². The van der Waals surface area contributed by atoms with Crippen molar-refractivity contribution in [2.24, 2.45) is 0 Å². The van der Waals surface area contributed by atoms with Crippen LogP contribution in [-0.4, -0.2) is 4.98 Å². The number of rotatable bonds is 0. The van der Waals surface area contributed by atoms with Crippen LogP contribution < -0.4 is 11.3 Å². The SMILES string of the molecule is [NH]c1c(Cl)c2ccc1[nH]c2=O. The van der Waals surface area contributed by atoms with E-state index in [1.807, 2.05) is 0 Å². The highest BCUT2D eigenvalue weighted by molar-refractivity contribution is 6.37. The molecule has 0 aliphatic rings. The lowest BCUT2D eigenvalue weighted by Crippen LogP contribution is -2.08. The van der Waals surface area contributed by atoms with Gasteiger partial charge in [0.05, 0.1) is 21.6 Å². The minimum absolute atomic E-state index is 0.198. The molecule has 0 amide bonds. The van der Waals surface area contributed by atoms with Crippen molar-refractivity contribution in [3.63, 3.8) is 0 Å². The summed E-state index contributed by atoms with van der Waals surface area (Å²) in [6, 6.07) is 3.29. The predicted octanol–water partition coefficient (Wildman–Crippen LogP) is 1.53. The molecule has 3 nitrogen and oxygen atoms in total. The Morgan fingerprint density at radius 1 is 1.45 bits per heavy atom. The highest BCUT2D eigenvalue weighted by Crippen LogP contribution is 2.28. The summed E-state index contributed by atoms with van der Waals surface area (Å²) in [4.78, 5) is 13.5. The first kappa shape index (κ1) is 6.49. The maximum atomic E-state index is 11.0. The third-order valence-electron chi connectivity index (χ3n) is 1.63. The van der Waals surface area contributed by atoms with Gasteiger partial charge in [-0.05, 0) is 12.1 Å². The van der Waals surface area contributed by atoms with E-state index in [0.717, 1.165) is 0 Å². The average Bonchev–Trinajstić information content (AvgIpc) is 1.99. The predicted molar refractivity (Wildman–Crippen MR) is 43.5 cm³/mol. The minimum atomic E-state index is -0.219. The number of aromatic nitrogens is 1. The van der Waals surface area contributed by atoms with Crippen LogP contribution in [0, 0.1) is 0 Å². The Morgan fingerprint density at radius 3 is 2.64 bits per heavy atom. The molecule has 1 aromatic carbocycles. The van der Waals surface area contributed by atoms with Crippen molar-refractivity contribution in [3.05, 3.63) is 27.5 Å². The number of aromatic amines is 1. The monoisotopic (exact) mass is 167 g/mol. The molecule has 0 unspecified atom stereocenters. The first-order valence-corrected chi connectivity index (χ1v) is 3.43. The summed E-state index contributed by atoms with van der Waals surface area (Å²) in [5.41, 5.74) is 7.84. The van der Waals surface area contributed by atoms with E-state index < -0.39 is 0 Å². The third-order valence-corrected chi connectivity index (χ3v) is 2.03. The molecule has 2 heterocycles. The van der Waals surface area contributed by atoms with Crippen LogP contribution >= 0.6 is 11.6 Å². The summed E-state index contributed by atoms with van der Waals surface area (Å²) < 4.78 is 0. The number of fused-ring (bicyclic) bond motifs is 3. The number of H-pyrrole nitrogens is 1. The molecule has 2 aromatic heterocycles. The summed E-state index contributed by atoms with van der Waals surface area (Å²) in [7, 11) is 0. The van der Waals surface area contributed by atoms with Gasteiger partial charge in [-0.3, -0.25) is 10.5 Å². The Hall–Kier alpha value is -1.22. The molecular formula is C7H4ClN2O. The van der Waals surface area contributed by atoms with Crippen LogP contribution in [0.15, 0.2) is 16.9 Å². The summed E-state index contributed by atoms with van der Waals surface area (Å²) in [6.45, 7) is 0. The molecule has 55 valence electrons. The molecule has 11 heavy (non-hydrogen) atoms. The Balaban J connectivity index is 3.11. The molecule has 2 bridgehead atoms. The van der Waals surface area contributed by atoms with Crippen molar-refractivity contribution in [2.45, 2.75) is 0 Å². The maximum Gasteiger partial charge on any atom is 0.257 e. The second-order valence-electron chi connectivity index (χ2n) is 2.30. The van der Waals surface area contributed by atoms with Gasteiger partial charge in [0.25, 0.3) is 5.56 Å². The summed E-state index contributed by atoms with van der Waals surface area (Å²) in [5, 5.41) is 0.623. The molecule has 4 heteroatoms. The maximum absolute atomic E-state index is 11.0. The molecule has 0 saturated carbocycles. The van der Waals surface area contributed by atoms with E-state index in [1.54, 1.807) is 12.1 Å². The van der Waals surface area contributed by atoms with Gasteiger partial charge in [-0.25, -0.2) is 0 Å². The standard InChI is InChI=1S/C7H4ClN2O/c8-5-3-1-2-4(6(5)9)10-7(3)11/h1-2,9H,(H,10,11). The number of halogens is 1. The van der Waals surface area contributed by atoms with Gasteiger partial charge in [0.2, 0.25) is 0 Å². The number of hydrogen-bond acceptors (Lipinski definition) is 1. The van der Waals surface area contributed by atoms with E-state index in [0.29, 0.717) is 10.9 Å². The van der Waals surface area contributed by atoms with Crippen LogP contribution in [0.4, 0.5) is 5.69 Å². The highest BCUT2D eigenvalue weighted by Gasteiger charge is 2.09. The average molecular weight is 168 g/mol. The van der Waals surface area contributed by atoms with Crippen molar-refractivity contribution >= 4 is 28.2 Å². The van der Waals surface area contributed by atoms with Gasteiger partial charge in [-0.2, -0.15) is 0 Å². The van der Waals surface area contributed by atoms with Crippen LogP contribution in [0.5, 0.6) is 0 Å². The third kappa shape index (κ3) is 0.714. The lowest BCUT2D eigenvalue weighted by molar-refractivity contribution is 1.29. The van der Waals surface area contributed by atoms with Gasteiger partial charge in [0.1, 0.15) is 0 Å². The molecule has 0 atom stereocenters. The second-order valence-corrected chi connectivity index (χ2v) is 2.68. The largest absolute Gasteiger partial charge is 0.320 e. The van der Waals surface area contributed by atoms with Gasteiger partial charge in [-0.15, -0.1) is 0 Å². The molecule has 3 aromatic rings. The molecular weight excluding hydrogens is 164 g/mol. The number of hydrogen-bond donors (Lipinski definition) is 1. The topological polar surface area (TPSA) is 56.7 Å². The Morgan fingerprint density at radius 2 is 2.18 bits per heavy atom. The molecule has 0 fully saturated rings. The fourth-order valence-corrected chi connectivity index (χ4v) is 1.30. The van der Waals surface area contributed by atoms with Crippen LogP contribution in [0.1, 0.15) is 0 Å². The Kier molecular flexibility index (Phi) is 1.11. The normalized spacial score (nSPS) is 11.0. The Bertz CT molecular complexity index is 448. The van der Waals surface area contributed by atoms with Crippen LogP contribution in [0.2, 0.25) is 5.02 Å². The molecule has 1 radical (unpaired) electrons. The van der Waals surface area contributed by atoms with Crippen molar-refractivity contribution in [3.8, 4) is 0 Å². The van der Waals surface area contributed by atoms with E-state index in [-0.39, 0.29) is 16.3 Å². The lowest BCUT2D eigenvalue weighted by Gasteiger charge is -2.03. The minimum Gasteiger partial charge on any atom is -0.320 e. The summed E-state index contributed by atoms with van der Waals surface area (Å²) in [5.74, 6) is 0. The summed E-state index contributed by atoms with van der Waals surface area (Å²) in [6.07, 6.45) is 0.